The number of hydrogen-bond donors (Lipinski definition) is 0. The Morgan fingerprint density at radius 2 is 0.762 bits per heavy atom. The van der Waals surface area contributed by atoms with Crippen LogP contribution >= 0.6 is 0 Å². The van der Waals surface area contributed by atoms with E-state index in [9.17, 15) is 0 Å². The molecule has 114 valence electrons. The zero-order valence-corrected chi connectivity index (χ0v) is 15.0. The molecular formula is C21H30. The molecule has 0 atom stereocenters. The van der Waals surface area contributed by atoms with Crippen molar-refractivity contribution < 1.29 is 0 Å². The van der Waals surface area contributed by atoms with E-state index in [4.69, 9.17) is 0 Å². The molecule has 0 unspecified atom stereocenters. The molecule has 2 aromatic rings. The molecule has 0 spiro atoms. The van der Waals surface area contributed by atoms with E-state index in [1.165, 1.54) is 50.9 Å². The maximum atomic E-state index is 2.24. The molecular weight excluding hydrogens is 252 g/mol. The largest absolute Gasteiger partial charge is 0.0656 e. The molecule has 0 amide bonds. The summed E-state index contributed by atoms with van der Waals surface area (Å²) in [7, 11) is 0. The SMILES string of the molecule is CCC.Cc1ccc(C)c(-c2c(C)ccc(C)c2C)c1C. The van der Waals surface area contributed by atoms with Crippen molar-refractivity contribution in [3.05, 3.63) is 57.6 Å². The Kier molecular flexibility index (Phi) is 6.20. The summed E-state index contributed by atoms with van der Waals surface area (Å²) in [4.78, 5) is 0. The molecule has 0 saturated heterocycles. The van der Waals surface area contributed by atoms with Gasteiger partial charge in [-0.3, -0.25) is 0 Å². The van der Waals surface area contributed by atoms with Crippen LogP contribution in [0.2, 0.25) is 0 Å². The Morgan fingerprint density at radius 3 is 1.05 bits per heavy atom. The van der Waals surface area contributed by atoms with Crippen LogP contribution in [0.25, 0.3) is 11.1 Å². The van der Waals surface area contributed by atoms with E-state index in [2.05, 4.69) is 79.7 Å². The quantitative estimate of drug-likeness (QED) is 0.551. The lowest BCUT2D eigenvalue weighted by Crippen LogP contribution is -1.97. The second kappa shape index (κ2) is 7.45. The van der Waals surface area contributed by atoms with E-state index in [-0.39, 0.29) is 0 Å². The van der Waals surface area contributed by atoms with Crippen LogP contribution in [0.1, 0.15) is 53.6 Å². The minimum Gasteiger partial charge on any atom is -0.0656 e. The third-order valence-corrected chi connectivity index (χ3v) is 4.14. The van der Waals surface area contributed by atoms with E-state index >= 15 is 0 Å². The van der Waals surface area contributed by atoms with E-state index in [0.717, 1.165) is 0 Å². The maximum absolute atomic E-state index is 2.24. The summed E-state index contributed by atoms with van der Waals surface area (Å²) in [6, 6.07) is 8.90. The van der Waals surface area contributed by atoms with Crippen LogP contribution in [-0.2, 0) is 0 Å². The van der Waals surface area contributed by atoms with Gasteiger partial charge in [0, 0.05) is 0 Å². The first kappa shape index (κ1) is 17.5. The molecule has 0 heterocycles. The van der Waals surface area contributed by atoms with Crippen LogP contribution in [0.15, 0.2) is 24.3 Å². The molecule has 2 aromatic carbocycles. The van der Waals surface area contributed by atoms with Gasteiger partial charge in [0.2, 0.25) is 0 Å². The summed E-state index contributed by atoms with van der Waals surface area (Å²) >= 11 is 0. The average Bonchev–Trinajstić information content (AvgIpc) is 2.43. The summed E-state index contributed by atoms with van der Waals surface area (Å²) in [5, 5.41) is 0. The van der Waals surface area contributed by atoms with Crippen molar-refractivity contribution in [1.82, 2.24) is 0 Å². The summed E-state index contributed by atoms with van der Waals surface area (Å²) < 4.78 is 0. The molecule has 0 aliphatic heterocycles. The highest BCUT2D eigenvalue weighted by atomic mass is 14.2. The molecule has 0 fully saturated rings. The second-order valence-corrected chi connectivity index (χ2v) is 6.11. The van der Waals surface area contributed by atoms with Gasteiger partial charge in [0.15, 0.2) is 0 Å². The van der Waals surface area contributed by atoms with Crippen LogP contribution in [0.3, 0.4) is 0 Å². The van der Waals surface area contributed by atoms with E-state index in [0.29, 0.717) is 0 Å². The number of aryl methyl sites for hydroxylation is 4. The zero-order valence-electron chi connectivity index (χ0n) is 15.0. The lowest BCUT2D eigenvalue weighted by atomic mass is 9.86. The van der Waals surface area contributed by atoms with Crippen molar-refractivity contribution in [2.24, 2.45) is 0 Å². The molecule has 0 radical (unpaired) electrons. The maximum Gasteiger partial charge on any atom is -0.0117 e. The van der Waals surface area contributed by atoms with Crippen LogP contribution in [0.4, 0.5) is 0 Å². The number of rotatable bonds is 1. The predicted molar refractivity (Wildman–Crippen MR) is 96.3 cm³/mol. The molecule has 21 heavy (non-hydrogen) atoms. The van der Waals surface area contributed by atoms with Crippen LogP contribution < -0.4 is 0 Å². The Balaban J connectivity index is 0.000000677. The lowest BCUT2D eigenvalue weighted by molar-refractivity contribution is 1.09. The Hall–Kier alpha value is -1.56. The van der Waals surface area contributed by atoms with Crippen LogP contribution in [0.5, 0.6) is 0 Å². The summed E-state index contributed by atoms with van der Waals surface area (Å²) in [5.74, 6) is 0. The first-order chi connectivity index (χ1) is 9.84. The molecule has 0 bridgehead atoms. The minimum atomic E-state index is 1.25. The van der Waals surface area contributed by atoms with Gasteiger partial charge in [-0.05, 0) is 86.1 Å². The average molecular weight is 282 g/mol. The van der Waals surface area contributed by atoms with Crippen molar-refractivity contribution in [1.29, 1.82) is 0 Å². The van der Waals surface area contributed by atoms with Gasteiger partial charge in [-0.25, -0.2) is 0 Å². The Morgan fingerprint density at radius 1 is 0.524 bits per heavy atom. The molecule has 0 heteroatoms. The van der Waals surface area contributed by atoms with Gasteiger partial charge in [0.1, 0.15) is 0 Å². The Labute approximate surface area is 131 Å². The molecule has 0 nitrogen and oxygen atoms in total. The highest BCUT2D eigenvalue weighted by molar-refractivity contribution is 5.78. The molecule has 0 saturated carbocycles. The lowest BCUT2D eigenvalue weighted by Gasteiger charge is -2.18. The van der Waals surface area contributed by atoms with Gasteiger partial charge in [0.25, 0.3) is 0 Å². The fraction of sp³-hybridized carbons (Fsp3) is 0.429. The highest BCUT2D eigenvalue weighted by Gasteiger charge is 2.13. The monoisotopic (exact) mass is 282 g/mol. The fourth-order valence-corrected chi connectivity index (χ4v) is 2.67. The first-order valence-electron chi connectivity index (χ1n) is 7.99. The Bertz CT molecular complexity index is 563. The van der Waals surface area contributed by atoms with Crippen LogP contribution in [-0.4, -0.2) is 0 Å². The molecule has 0 aromatic heterocycles. The van der Waals surface area contributed by atoms with Crippen molar-refractivity contribution in [2.45, 2.75) is 61.8 Å². The third-order valence-electron chi connectivity index (χ3n) is 4.14. The standard InChI is InChI=1S/C18H22.C3H8/c1-11-7-9-13(3)17(15(11)5)18-14(4)10-8-12(2)16(18)6;1-3-2/h7-10H,1-6H3;3H2,1-2H3. The smallest absolute Gasteiger partial charge is 0.0117 e. The van der Waals surface area contributed by atoms with Crippen molar-refractivity contribution in [3.63, 3.8) is 0 Å². The van der Waals surface area contributed by atoms with Crippen LogP contribution in [0, 0.1) is 41.5 Å². The normalized spacial score (nSPS) is 10.1. The zero-order chi connectivity index (χ0) is 16.2. The molecule has 0 N–H and O–H groups in total. The van der Waals surface area contributed by atoms with Gasteiger partial charge in [0.05, 0.1) is 0 Å². The van der Waals surface area contributed by atoms with E-state index in [1.807, 2.05) is 0 Å². The van der Waals surface area contributed by atoms with Gasteiger partial charge < -0.3 is 0 Å². The number of hydrogen-bond acceptors (Lipinski definition) is 0. The fourth-order valence-electron chi connectivity index (χ4n) is 2.67. The van der Waals surface area contributed by atoms with Gasteiger partial charge in [-0.15, -0.1) is 0 Å². The summed E-state index contributed by atoms with van der Waals surface area (Å²) in [6.45, 7) is 17.5. The summed E-state index contributed by atoms with van der Waals surface area (Å²) in [5.41, 5.74) is 11.2. The second-order valence-electron chi connectivity index (χ2n) is 6.11. The number of benzene rings is 2. The van der Waals surface area contributed by atoms with E-state index < -0.39 is 0 Å². The van der Waals surface area contributed by atoms with Gasteiger partial charge in [-0.2, -0.15) is 0 Å². The third kappa shape index (κ3) is 3.75. The summed E-state index contributed by atoms with van der Waals surface area (Å²) in [6.07, 6.45) is 1.25. The molecule has 0 aliphatic carbocycles. The van der Waals surface area contributed by atoms with Gasteiger partial charge >= 0.3 is 0 Å². The van der Waals surface area contributed by atoms with Crippen molar-refractivity contribution in [3.8, 4) is 11.1 Å². The minimum absolute atomic E-state index is 1.25. The first-order valence-corrected chi connectivity index (χ1v) is 7.99. The van der Waals surface area contributed by atoms with Crippen molar-refractivity contribution >= 4 is 0 Å². The topological polar surface area (TPSA) is 0 Å². The molecule has 0 aliphatic rings. The predicted octanol–water partition coefficient (Wildman–Crippen LogP) is 6.62. The van der Waals surface area contributed by atoms with Gasteiger partial charge in [-0.1, -0.05) is 44.5 Å². The molecule has 2 rings (SSSR count). The van der Waals surface area contributed by atoms with E-state index in [1.54, 1.807) is 0 Å². The van der Waals surface area contributed by atoms with Crippen molar-refractivity contribution in [2.75, 3.05) is 0 Å². The highest BCUT2D eigenvalue weighted by Crippen LogP contribution is 2.35.